The lowest BCUT2D eigenvalue weighted by Gasteiger charge is -2.41. The lowest BCUT2D eigenvalue weighted by Crippen LogP contribution is -2.38. The summed E-state index contributed by atoms with van der Waals surface area (Å²) in [6.45, 7) is 0.859. The quantitative estimate of drug-likeness (QED) is 0.716. The average Bonchev–Trinajstić information content (AvgIpc) is 2.72. The van der Waals surface area contributed by atoms with Crippen molar-refractivity contribution in [2.75, 3.05) is 12.1 Å². The number of imidazole rings is 1. The molecule has 1 heterocycles. The molecular formula is C15H17Cl2FN2S. The first kappa shape index (κ1) is 15.4. The second kappa shape index (κ2) is 5.98. The molecule has 0 atom stereocenters. The second-order valence-electron chi connectivity index (χ2n) is 5.55. The van der Waals surface area contributed by atoms with Crippen LogP contribution in [0.4, 0.5) is 4.39 Å². The Morgan fingerprint density at radius 3 is 2.76 bits per heavy atom. The van der Waals surface area contributed by atoms with Crippen LogP contribution in [0.2, 0.25) is 5.02 Å². The third-order valence-electron chi connectivity index (χ3n) is 4.33. The number of nitrogens with zero attached hydrogens (tertiary/aromatic N) is 2. The van der Waals surface area contributed by atoms with Gasteiger partial charge >= 0.3 is 0 Å². The predicted molar refractivity (Wildman–Crippen MR) is 89.2 cm³/mol. The largest absolute Gasteiger partial charge is 0.326 e. The second-order valence-corrected chi connectivity index (χ2v) is 7.61. The van der Waals surface area contributed by atoms with Gasteiger partial charge in [0, 0.05) is 29.7 Å². The number of thioether (sulfide) groups is 1. The number of hydrogen-bond donors (Lipinski definition) is 0. The van der Waals surface area contributed by atoms with Crippen LogP contribution in [0.1, 0.15) is 25.1 Å². The fraction of sp³-hybridized carbons (Fsp3) is 0.533. The van der Waals surface area contributed by atoms with Crippen molar-refractivity contribution in [1.82, 2.24) is 9.55 Å². The van der Waals surface area contributed by atoms with Crippen LogP contribution in [-0.4, -0.2) is 26.4 Å². The molecular weight excluding hydrogens is 330 g/mol. The Hall–Kier alpha value is -0.450. The van der Waals surface area contributed by atoms with Crippen molar-refractivity contribution in [3.63, 3.8) is 0 Å². The highest BCUT2D eigenvalue weighted by Gasteiger charge is 2.37. The van der Waals surface area contributed by atoms with E-state index in [1.807, 2.05) is 11.8 Å². The van der Waals surface area contributed by atoms with Gasteiger partial charge in [-0.2, -0.15) is 11.8 Å². The number of alkyl halides is 1. The van der Waals surface area contributed by atoms with Crippen molar-refractivity contribution in [3.05, 3.63) is 28.8 Å². The number of hydrogen-bond acceptors (Lipinski definition) is 2. The Kier molecular flexibility index (Phi) is 4.40. The number of aryl methyl sites for hydroxylation is 1. The molecule has 1 saturated carbocycles. The monoisotopic (exact) mass is 346 g/mol. The zero-order valence-corrected chi connectivity index (χ0v) is 14.2. The summed E-state index contributed by atoms with van der Waals surface area (Å²) in [5, 5.41) is 0.118. The third-order valence-corrected chi connectivity index (χ3v) is 6.21. The van der Waals surface area contributed by atoms with Gasteiger partial charge in [0.2, 0.25) is 0 Å². The predicted octanol–water partition coefficient (Wildman–Crippen LogP) is 4.90. The number of halogens is 3. The van der Waals surface area contributed by atoms with Crippen molar-refractivity contribution >= 4 is 46.0 Å². The van der Waals surface area contributed by atoms with Crippen LogP contribution in [0.3, 0.4) is 0 Å². The number of benzene rings is 1. The molecule has 3 rings (SSSR count). The molecule has 2 nitrogen and oxygen atoms in total. The maximum Gasteiger partial charge on any atom is 0.144 e. The Morgan fingerprint density at radius 2 is 2.19 bits per heavy atom. The third kappa shape index (κ3) is 2.78. The van der Waals surface area contributed by atoms with Crippen LogP contribution in [0, 0.1) is 5.82 Å². The Labute approximate surface area is 138 Å². The van der Waals surface area contributed by atoms with E-state index in [4.69, 9.17) is 23.2 Å². The summed E-state index contributed by atoms with van der Waals surface area (Å²) in [5.41, 5.74) is 1.56. The van der Waals surface area contributed by atoms with Crippen molar-refractivity contribution < 1.29 is 4.39 Å². The van der Waals surface area contributed by atoms with Gasteiger partial charge < -0.3 is 4.57 Å². The molecule has 0 bridgehead atoms. The minimum absolute atomic E-state index is 0.118. The first-order chi connectivity index (χ1) is 10.1. The maximum absolute atomic E-state index is 13.8. The molecule has 0 unspecified atom stereocenters. The van der Waals surface area contributed by atoms with E-state index in [1.54, 1.807) is 6.07 Å². The van der Waals surface area contributed by atoms with Crippen molar-refractivity contribution in [2.45, 2.75) is 37.0 Å². The summed E-state index contributed by atoms with van der Waals surface area (Å²) in [5.74, 6) is 1.03. The molecule has 1 aromatic heterocycles. The zero-order chi connectivity index (χ0) is 15.0. The topological polar surface area (TPSA) is 17.8 Å². The van der Waals surface area contributed by atoms with Crippen LogP contribution >= 0.6 is 35.0 Å². The molecule has 0 N–H and O–H groups in total. The van der Waals surface area contributed by atoms with E-state index in [0.717, 1.165) is 23.4 Å². The minimum atomic E-state index is -0.394. The molecule has 0 radical (unpaired) electrons. The van der Waals surface area contributed by atoms with Gasteiger partial charge in [-0.05, 0) is 25.2 Å². The molecule has 1 aliphatic rings. The van der Waals surface area contributed by atoms with Crippen LogP contribution < -0.4 is 0 Å². The Bertz CT molecular complexity index is 662. The first-order valence-corrected chi connectivity index (χ1v) is 9.17. The van der Waals surface area contributed by atoms with Gasteiger partial charge in [0.15, 0.2) is 0 Å². The molecule has 0 amide bonds. The van der Waals surface area contributed by atoms with E-state index in [9.17, 15) is 4.39 Å². The molecule has 2 aromatic rings. The van der Waals surface area contributed by atoms with Gasteiger partial charge in [-0.1, -0.05) is 18.0 Å². The number of rotatable bonds is 5. The van der Waals surface area contributed by atoms with Gasteiger partial charge in [-0.25, -0.2) is 9.37 Å². The van der Waals surface area contributed by atoms with Gasteiger partial charge in [0.1, 0.15) is 11.6 Å². The summed E-state index contributed by atoms with van der Waals surface area (Å²) in [6.07, 6.45) is 6.49. The van der Waals surface area contributed by atoms with Crippen molar-refractivity contribution in [1.29, 1.82) is 0 Å². The van der Waals surface area contributed by atoms with E-state index in [1.165, 1.54) is 25.3 Å². The summed E-state index contributed by atoms with van der Waals surface area (Å²) >= 11 is 13.7. The normalized spacial score (nSPS) is 17.1. The van der Waals surface area contributed by atoms with Crippen molar-refractivity contribution in [3.8, 4) is 0 Å². The highest BCUT2D eigenvalue weighted by Crippen LogP contribution is 2.44. The zero-order valence-electron chi connectivity index (χ0n) is 11.8. The van der Waals surface area contributed by atoms with E-state index < -0.39 is 5.82 Å². The van der Waals surface area contributed by atoms with E-state index in [2.05, 4.69) is 15.8 Å². The Morgan fingerprint density at radius 1 is 1.43 bits per heavy atom. The van der Waals surface area contributed by atoms with Crippen LogP contribution in [-0.2, 0) is 13.0 Å². The molecule has 0 aliphatic heterocycles. The van der Waals surface area contributed by atoms with Crippen LogP contribution in [0.15, 0.2) is 12.1 Å². The first-order valence-electron chi connectivity index (χ1n) is 7.04. The fourth-order valence-electron chi connectivity index (χ4n) is 2.91. The molecule has 0 saturated heterocycles. The molecule has 6 heteroatoms. The van der Waals surface area contributed by atoms with E-state index in [0.29, 0.717) is 12.3 Å². The SMILES string of the molecule is CSC1(Cn2c(CCCl)nc3cc(Cl)c(F)cc32)CCC1. The summed E-state index contributed by atoms with van der Waals surface area (Å²) in [6, 6.07) is 3.10. The molecule has 1 fully saturated rings. The highest BCUT2D eigenvalue weighted by molar-refractivity contribution is 8.00. The Balaban J connectivity index is 2.09. The average molecular weight is 347 g/mol. The summed E-state index contributed by atoms with van der Waals surface area (Å²) < 4.78 is 16.2. The molecule has 114 valence electrons. The van der Waals surface area contributed by atoms with Gasteiger partial charge in [0.05, 0.1) is 16.1 Å². The molecule has 21 heavy (non-hydrogen) atoms. The molecule has 1 aromatic carbocycles. The number of fused-ring (bicyclic) bond motifs is 1. The standard InChI is InChI=1S/C15H17Cl2FN2S/c1-21-15(4-2-5-15)9-20-13-8-11(18)10(17)7-12(13)19-14(20)3-6-16/h7-8H,2-6,9H2,1H3. The fourth-order valence-corrected chi connectivity index (χ4v) is 4.19. The molecule has 1 aliphatic carbocycles. The van der Waals surface area contributed by atoms with Crippen LogP contribution in [0.5, 0.6) is 0 Å². The van der Waals surface area contributed by atoms with Gasteiger partial charge in [-0.3, -0.25) is 0 Å². The number of aromatic nitrogens is 2. The summed E-state index contributed by atoms with van der Waals surface area (Å²) in [4.78, 5) is 4.60. The maximum atomic E-state index is 13.8. The van der Waals surface area contributed by atoms with Gasteiger partial charge in [-0.15, -0.1) is 11.6 Å². The van der Waals surface area contributed by atoms with Gasteiger partial charge in [0.25, 0.3) is 0 Å². The van der Waals surface area contributed by atoms with E-state index >= 15 is 0 Å². The van der Waals surface area contributed by atoms with E-state index in [-0.39, 0.29) is 9.77 Å². The lowest BCUT2D eigenvalue weighted by molar-refractivity contribution is 0.321. The summed E-state index contributed by atoms with van der Waals surface area (Å²) in [7, 11) is 0. The van der Waals surface area contributed by atoms with Crippen molar-refractivity contribution in [2.24, 2.45) is 0 Å². The molecule has 0 spiro atoms. The lowest BCUT2D eigenvalue weighted by atomic mass is 9.84. The van der Waals surface area contributed by atoms with Crippen LogP contribution in [0.25, 0.3) is 11.0 Å². The highest BCUT2D eigenvalue weighted by atomic mass is 35.5. The minimum Gasteiger partial charge on any atom is -0.326 e. The smallest absolute Gasteiger partial charge is 0.144 e.